The zero-order chi connectivity index (χ0) is 11.0. The Kier molecular flexibility index (Phi) is 4.88. The summed E-state index contributed by atoms with van der Waals surface area (Å²) in [6, 6.07) is 0. The summed E-state index contributed by atoms with van der Waals surface area (Å²) in [7, 11) is 0. The lowest BCUT2D eigenvalue weighted by Crippen LogP contribution is -2.23. The highest BCUT2D eigenvalue weighted by Gasteiger charge is 2.04. The van der Waals surface area contributed by atoms with E-state index < -0.39 is 5.03 Å². The summed E-state index contributed by atoms with van der Waals surface area (Å²) in [5.41, 5.74) is 11.3. The van der Waals surface area contributed by atoms with Crippen LogP contribution in [0.5, 0.6) is 0 Å². The van der Waals surface area contributed by atoms with Gasteiger partial charge in [-0.15, -0.1) is 5.10 Å². The number of nitrogens with one attached hydrogen (secondary N) is 2. The summed E-state index contributed by atoms with van der Waals surface area (Å²) in [5.74, 6) is 4.51. The highest BCUT2D eigenvalue weighted by atomic mass is 16.7. The molecule has 1 aromatic rings. The van der Waals surface area contributed by atoms with Gasteiger partial charge in [0.05, 0.1) is 0 Å². The molecule has 0 saturated heterocycles. The number of guanidine groups is 1. The monoisotopic (exact) mass is 204 g/mol. The molecule has 0 atom stereocenters. The van der Waals surface area contributed by atoms with Crippen LogP contribution in [0.15, 0.2) is 11.4 Å². The van der Waals surface area contributed by atoms with Gasteiger partial charge in [0.25, 0.3) is 5.95 Å². The fourth-order valence-electron chi connectivity index (χ4n) is 0.350. The van der Waals surface area contributed by atoms with Crippen molar-refractivity contribution in [2.75, 3.05) is 5.43 Å². The van der Waals surface area contributed by atoms with E-state index in [0.717, 1.165) is 0 Å². The summed E-state index contributed by atoms with van der Waals surface area (Å²) in [5, 5.41) is 16.1. The van der Waals surface area contributed by atoms with Gasteiger partial charge in [0.1, 0.15) is 11.2 Å². The van der Waals surface area contributed by atoms with E-state index >= 15 is 0 Å². The van der Waals surface area contributed by atoms with E-state index in [2.05, 4.69) is 26.1 Å². The van der Waals surface area contributed by atoms with Crippen molar-refractivity contribution in [3.05, 3.63) is 11.2 Å². The maximum atomic E-state index is 9.78. The molecule has 11 heteroatoms. The van der Waals surface area contributed by atoms with Gasteiger partial charge >= 0.3 is 5.03 Å². The zero-order valence-corrected chi connectivity index (χ0v) is 6.95. The Morgan fingerprint density at radius 1 is 1.71 bits per heavy atom. The first-order valence-corrected chi connectivity index (χ1v) is 3.13. The molecule has 0 amide bonds. The van der Waals surface area contributed by atoms with Gasteiger partial charge in [-0.3, -0.25) is 0 Å². The van der Waals surface area contributed by atoms with Crippen molar-refractivity contribution in [2.24, 2.45) is 22.4 Å². The van der Waals surface area contributed by atoms with Crippen LogP contribution in [0.1, 0.15) is 0 Å². The zero-order valence-electron chi connectivity index (χ0n) is 6.95. The number of rotatable bonds is 2. The van der Waals surface area contributed by atoms with Crippen molar-refractivity contribution >= 4 is 11.9 Å². The van der Waals surface area contributed by atoms with Crippen LogP contribution in [0.2, 0.25) is 0 Å². The minimum absolute atomic E-state index is 0.0903. The third-order valence-corrected chi connectivity index (χ3v) is 0.766. The van der Waals surface area contributed by atoms with Crippen LogP contribution in [0.3, 0.4) is 0 Å². The Morgan fingerprint density at radius 2 is 2.29 bits per heavy atom. The SMILES string of the molecule is NN=C(N)N.O=[N+](O)Nc1ncn[nH]1. The normalized spacial score (nSPS) is 8.00. The van der Waals surface area contributed by atoms with Gasteiger partial charge in [-0.2, -0.15) is 10.1 Å². The molecule has 78 valence electrons. The molecule has 1 rings (SSSR count). The van der Waals surface area contributed by atoms with E-state index in [0.29, 0.717) is 0 Å². The van der Waals surface area contributed by atoms with Crippen LogP contribution < -0.4 is 22.7 Å². The number of hydrogen-bond donors (Lipinski definition) is 6. The van der Waals surface area contributed by atoms with Gasteiger partial charge in [-0.25, -0.2) is 10.3 Å². The first-order chi connectivity index (χ1) is 6.56. The average molecular weight is 204 g/mol. The third-order valence-electron chi connectivity index (χ3n) is 0.766. The number of nitrogens with two attached hydrogens (primary N) is 3. The number of aromatic amines is 1. The maximum Gasteiger partial charge on any atom is 0.362 e. The molecule has 0 bridgehead atoms. The molecule has 9 N–H and O–H groups in total. The van der Waals surface area contributed by atoms with Crippen molar-refractivity contribution in [3.63, 3.8) is 0 Å². The van der Waals surface area contributed by atoms with Crippen LogP contribution >= 0.6 is 0 Å². The minimum Gasteiger partial charge on any atom is -0.369 e. The molecule has 0 radical (unpaired) electrons. The molecule has 0 spiro atoms. The summed E-state index contributed by atoms with van der Waals surface area (Å²) in [4.78, 5) is 13.3. The van der Waals surface area contributed by atoms with E-state index in [-0.39, 0.29) is 11.9 Å². The van der Waals surface area contributed by atoms with Gasteiger partial charge < -0.3 is 17.3 Å². The molecular weight excluding hydrogens is 194 g/mol. The van der Waals surface area contributed by atoms with Gasteiger partial charge in [0.15, 0.2) is 0 Å². The fourth-order valence-corrected chi connectivity index (χ4v) is 0.350. The van der Waals surface area contributed by atoms with E-state index in [4.69, 9.17) is 16.7 Å². The number of H-pyrrole nitrogens is 1. The molecule has 1 heterocycles. The van der Waals surface area contributed by atoms with Gasteiger partial charge in [0.2, 0.25) is 5.96 Å². The topological polar surface area (TPSA) is 184 Å². The lowest BCUT2D eigenvalue weighted by molar-refractivity contribution is -0.770. The van der Waals surface area contributed by atoms with E-state index in [9.17, 15) is 4.91 Å². The number of nitrogens with zero attached hydrogens (tertiary/aromatic N) is 4. The third kappa shape index (κ3) is 6.14. The molecule has 0 aliphatic heterocycles. The fraction of sp³-hybridized carbons (Fsp3) is 0. The molecule has 0 fully saturated rings. The quantitative estimate of drug-likeness (QED) is 0.131. The molecule has 0 unspecified atom stereocenters. The van der Waals surface area contributed by atoms with Crippen LogP contribution in [-0.2, 0) is 0 Å². The Labute approximate surface area is 77.5 Å². The predicted molar refractivity (Wildman–Crippen MR) is 45.4 cm³/mol. The summed E-state index contributed by atoms with van der Waals surface area (Å²) in [6.45, 7) is 0. The second-order valence-electron chi connectivity index (χ2n) is 1.77. The standard InChI is InChI=1S/C2H4N5O2.CH6N4/c8-7(9)6-2-3-1-4-5-2;2-1(3)5-4/h1H,(H,8,9)(H2,3,4,5,6);4H2,(H4,2,3,5)/q+1;. The van der Waals surface area contributed by atoms with Crippen molar-refractivity contribution in [1.29, 1.82) is 0 Å². The summed E-state index contributed by atoms with van der Waals surface area (Å²) in [6.07, 6.45) is 1.20. The van der Waals surface area contributed by atoms with Gasteiger partial charge in [-0.05, 0) is 5.43 Å². The van der Waals surface area contributed by atoms with E-state index in [1.165, 1.54) is 6.33 Å². The Bertz CT molecular complexity index is 287. The summed E-state index contributed by atoms with van der Waals surface area (Å²) >= 11 is 0. The molecule has 11 nitrogen and oxygen atoms in total. The minimum atomic E-state index is -0.472. The average Bonchev–Trinajstić information content (AvgIpc) is 2.57. The van der Waals surface area contributed by atoms with E-state index in [1.807, 2.05) is 5.43 Å². The Hall–Kier alpha value is -2.59. The highest BCUT2D eigenvalue weighted by molar-refractivity contribution is 5.75. The molecule has 14 heavy (non-hydrogen) atoms. The van der Waals surface area contributed by atoms with Gasteiger partial charge in [-0.1, -0.05) is 0 Å². The van der Waals surface area contributed by atoms with Crippen LogP contribution in [0.4, 0.5) is 5.95 Å². The van der Waals surface area contributed by atoms with Crippen LogP contribution in [-0.4, -0.2) is 31.4 Å². The maximum absolute atomic E-state index is 9.78. The number of aromatic nitrogens is 3. The van der Waals surface area contributed by atoms with Gasteiger partial charge in [0, 0.05) is 0 Å². The van der Waals surface area contributed by atoms with Crippen molar-refractivity contribution in [2.45, 2.75) is 0 Å². The lowest BCUT2D eigenvalue weighted by Gasteiger charge is -1.79. The second-order valence-corrected chi connectivity index (χ2v) is 1.77. The van der Waals surface area contributed by atoms with Crippen molar-refractivity contribution < 1.29 is 10.2 Å². The molecule has 1 aromatic heterocycles. The Balaban J connectivity index is 0.000000292. The number of hydrazine groups is 1. The van der Waals surface area contributed by atoms with E-state index in [1.54, 1.807) is 0 Å². The first-order valence-electron chi connectivity index (χ1n) is 3.13. The lowest BCUT2D eigenvalue weighted by atomic mass is 11.1. The molecular formula is C3H10N9O2+. The largest absolute Gasteiger partial charge is 0.369 e. The van der Waals surface area contributed by atoms with Crippen molar-refractivity contribution in [1.82, 2.24) is 15.2 Å². The summed E-state index contributed by atoms with van der Waals surface area (Å²) < 4.78 is 0. The molecule has 0 aromatic carbocycles. The second kappa shape index (κ2) is 5.99. The predicted octanol–water partition coefficient (Wildman–Crippen LogP) is -2.57. The van der Waals surface area contributed by atoms with Crippen LogP contribution in [0, 0.1) is 4.91 Å². The van der Waals surface area contributed by atoms with Crippen LogP contribution in [0.25, 0.3) is 0 Å². The molecule has 0 aliphatic carbocycles. The number of hydrogen-bond acceptors (Lipinski definition) is 5. The Morgan fingerprint density at radius 3 is 2.57 bits per heavy atom. The van der Waals surface area contributed by atoms with Crippen molar-refractivity contribution in [3.8, 4) is 0 Å². The first kappa shape index (κ1) is 11.4. The number of hydrazone groups is 1. The molecule has 0 aliphatic rings. The number of anilines is 1. The smallest absolute Gasteiger partial charge is 0.362 e. The highest BCUT2D eigenvalue weighted by Crippen LogP contribution is 1.88. The molecule has 0 saturated carbocycles.